The van der Waals surface area contributed by atoms with Crippen molar-refractivity contribution < 1.29 is 10.2 Å². The molecule has 2 N–H and O–H groups in total. The Kier molecular flexibility index (Phi) is 4.41. The Morgan fingerprint density at radius 3 is 2.00 bits per heavy atom. The lowest BCUT2D eigenvalue weighted by atomic mass is 9.67. The minimum absolute atomic E-state index is 0.0910. The lowest BCUT2D eigenvalue weighted by Gasteiger charge is -2.38. The number of rotatable bonds is 1. The molecule has 0 aliphatic heterocycles. The second kappa shape index (κ2) is 5.68. The lowest BCUT2D eigenvalue weighted by molar-refractivity contribution is 0.353. The lowest BCUT2D eigenvalue weighted by Crippen LogP contribution is -2.25. The monoisotopic (exact) mass is 328 g/mol. The molecule has 0 saturated heterocycles. The second-order valence-corrected chi connectivity index (χ2v) is 9.75. The average molecular weight is 328 g/mol. The Morgan fingerprint density at radius 2 is 1.50 bits per heavy atom. The summed E-state index contributed by atoms with van der Waals surface area (Å²) in [5, 5.41) is 21.6. The summed E-state index contributed by atoms with van der Waals surface area (Å²) in [7, 11) is 0. The summed E-state index contributed by atoms with van der Waals surface area (Å²) in [6.45, 7) is 17.2. The van der Waals surface area contributed by atoms with Gasteiger partial charge in [0.15, 0.2) is 0 Å². The predicted octanol–water partition coefficient (Wildman–Crippen LogP) is 6.36. The summed E-state index contributed by atoms with van der Waals surface area (Å²) in [5.74, 6) is 0.516. The Bertz CT molecular complexity index is 704. The first-order valence-electron chi connectivity index (χ1n) is 8.73. The first kappa shape index (κ1) is 18.6. The van der Waals surface area contributed by atoms with Crippen molar-refractivity contribution >= 4 is 5.57 Å². The van der Waals surface area contributed by atoms with E-state index in [4.69, 9.17) is 0 Å². The molecule has 1 aromatic carbocycles. The third-order valence-electron chi connectivity index (χ3n) is 4.72. The van der Waals surface area contributed by atoms with E-state index >= 15 is 0 Å². The zero-order chi connectivity index (χ0) is 18.5. The van der Waals surface area contributed by atoms with Crippen LogP contribution < -0.4 is 0 Å². The summed E-state index contributed by atoms with van der Waals surface area (Å²) >= 11 is 0. The Hall–Kier alpha value is -1.70. The van der Waals surface area contributed by atoms with Gasteiger partial charge < -0.3 is 10.2 Å². The fourth-order valence-corrected chi connectivity index (χ4v) is 3.54. The average Bonchev–Trinajstić information content (AvgIpc) is 2.35. The maximum absolute atomic E-state index is 10.9. The van der Waals surface area contributed by atoms with Crippen molar-refractivity contribution in [2.24, 2.45) is 10.8 Å². The van der Waals surface area contributed by atoms with E-state index in [1.807, 2.05) is 12.1 Å². The zero-order valence-electron chi connectivity index (χ0n) is 16.4. The first-order valence-corrected chi connectivity index (χ1v) is 8.73. The second-order valence-electron chi connectivity index (χ2n) is 9.75. The van der Waals surface area contributed by atoms with Crippen LogP contribution in [0.15, 0.2) is 35.6 Å². The number of phenolic OH excluding ortho intramolecular Hbond substituents is 1. The van der Waals surface area contributed by atoms with Gasteiger partial charge in [-0.25, -0.2) is 0 Å². The minimum Gasteiger partial charge on any atom is -0.508 e. The molecule has 0 atom stereocenters. The number of hydrogen-bond acceptors (Lipinski definition) is 2. The number of phenols is 1. The number of aliphatic hydroxyl groups is 1. The molecule has 0 saturated carbocycles. The molecule has 0 unspecified atom stereocenters. The van der Waals surface area contributed by atoms with Gasteiger partial charge in [-0.15, -0.1) is 0 Å². The molecule has 0 spiro atoms. The predicted molar refractivity (Wildman–Crippen MR) is 102 cm³/mol. The molecular weight excluding hydrogens is 296 g/mol. The number of hydrogen-bond donors (Lipinski definition) is 2. The molecule has 0 radical (unpaired) electrons. The molecule has 2 heteroatoms. The van der Waals surface area contributed by atoms with E-state index in [-0.39, 0.29) is 27.8 Å². The van der Waals surface area contributed by atoms with Crippen molar-refractivity contribution in [1.29, 1.82) is 0 Å². The van der Waals surface area contributed by atoms with Crippen molar-refractivity contribution in [1.82, 2.24) is 0 Å². The van der Waals surface area contributed by atoms with E-state index in [2.05, 4.69) is 61.5 Å². The molecule has 1 aliphatic rings. The van der Waals surface area contributed by atoms with Crippen LogP contribution >= 0.6 is 0 Å². The van der Waals surface area contributed by atoms with Gasteiger partial charge in [-0.1, -0.05) is 73.1 Å². The maximum atomic E-state index is 10.9. The van der Waals surface area contributed by atoms with Crippen LogP contribution in [0.25, 0.3) is 5.57 Å². The van der Waals surface area contributed by atoms with Gasteiger partial charge in [-0.05, 0) is 40.4 Å². The first-order chi connectivity index (χ1) is 10.7. The number of aromatic hydroxyl groups is 1. The third-order valence-corrected chi connectivity index (χ3v) is 4.72. The van der Waals surface area contributed by atoms with Gasteiger partial charge in [0.2, 0.25) is 0 Å². The van der Waals surface area contributed by atoms with Gasteiger partial charge in [0.1, 0.15) is 11.5 Å². The van der Waals surface area contributed by atoms with Crippen LogP contribution in [0.3, 0.4) is 0 Å². The highest BCUT2D eigenvalue weighted by Crippen LogP contribution is 2.50. The van der Waals surface area contributed by atoms with Crippen LogP contribution in [0.5, 0.6) is 5.75 Å². The Morgan fingerprint density at radius 1 is 0.917 bits per heavy atom. The molecular formula is C22H32O2. The fourth-order valence-electron chi connectivity index (χ4n) is 3.54. The van der Waals surface area contributed by atoms with Gasteiger partial charge in [-0.2, -0.15) is 0 Å². The molecule has 132 valence electrons. The topological polar surface area (TPSA) is 40.5 Å². The number of aliphatic hydroxyl groups excluding tert-OH is 1. The molecule has 0 bridgehead atoms. The summed E-state index contributed by atoms with van der Waals surface area (Å²) < 4.78 is 0. The SMILES string of the molecule is CC1(C)C=C(O)C(c2c(O)cccc2C(C)(C)C)=C(C(C)(C)C)C1. The summed E-state index contributed by atoms with van der Waals surface area (Å²) in [6.07, 6.45) is 2.80. The molecule has 2 rings (SSSR count). The van der Waals surface area contributed by atoms with Gasteiger partial charge in [-0.3, -0.25) is 0 Å². The highest BCUT2D eigenvalue weighted by molar-refractivity contribution is 5.86. The fraction of sp³-hybridized carbons (Fsp3) is 0.545. The van der Waals surface area contributed by atoms with E-state index < -0.39 is 0 Å². The van der Waals surface area contributed by atoms with E-state index in [0.717, 1.165) is 23.1 Å². The van der Waals surface area contributed by atoms with Crippen LogP contribution in [0.2, 0.25) is 0 Å². The van der Waals surface area contributed by atoms with Crippen LogP contribution in [0.1, 0.15) is 72.9 Å². The maximum Gasteiger partial charge on any atom is 0.123 e. The molecule has 2 nitrogen and oxygen atoms in total. The summed E-state index contributed by atoms with van der Waals surface area (Å²) in [5.41, 5.74) is 3.52. The number of allylic oxidation sites excluding steroid dienone is 3. The summed E-state index contributed by atoms with van der Waals surface area (Å²) in [4.78, 5) is 0. The van der Waals surface area contributed by atoms with E-state index in [9.17, 15) is 10.2 Å². The molecule has 0 amide bonds. The molecule has 24 heavy (non-hydrogen) atoms. The van der Waals surface area contributed by atoms with Crippen molar-refractivity contribution in [2.75, 3.05) is 0 Å². The normalized spacial score (nSPS) is 18.6. The van der Waals surface area contributed by atoms with Crippen molar-refractivity contribution in [3.05, 3.63) is 46.7 Å². The van der Waals surface area contributed by atoms with E-state index in [0.29, 0.717) is 0 Å². The largest absolute Gasteiger partial charge is 0.508 e. The number of benzene rings is 1. The quantitative estimate of drug-likeness (QED) is 0.629. The standard InChI is InChI=1S/C22H32O2/c1-20(2,3)14-10-9-11-16(23)18(14)19-15(21(4,5)6)12-22(7,8)13-17(19)24/h9-11,13,23-24H,12H2,1-8H3. The van der Waals surface area contributed by atoms with Crippen LogP contribution in [0, 0.1) is 10.8 Å². The molecule has 1 aromatic rings. The van der Waals surface area contributed by atoms with Gasteiger partial charge in [0.05, 0.1) is 0 Å². The van der Waals surface area contributed by atoms with E-state index in [1.165, 1.54) is 5.57 Å². The van der Waals surface area contributed by atoms with Crippen LogP contribution in [-0.2, 0) is 5.41 Å². The van der Waals surface area contributed by atoms with Crippen molar-refractivity contribution in [3.63, 3.8) is 0 Å². The van der Waals surface area contributed by atoms with Gasteiger partial charge >= 0.3 is 0 Å². The molecule has 0 aromatic heterocycles. The van der Waals surface area contributed by atoms with Gasteiger partial charge in [0, 0.05) is 11.1 Å². The molecule has 0 fully saturated rings. The highest BCUT2D eigenvalue weighted by atomic mass is 16.3. The highest BCUT2D eigenvalue weighted by Gasteiger charge is 2.36. The summed E-state index contributed by atoms with van der Waals surface area (Å²) in [6, 6.07) is 5.64. The Labute approximate surface area is 146 Å². The van der Waals surface area contributed by atoms with Crippen LogP contribution in [-0.4, -0.2) is 10.2 Å². The molecule has 0 heterocycles. The van der Waals surface area contributed by atoms with Crippen LogP contribution in [0.4, 0.5) is 0 Å². The Balaban J connectivity index is 2.88. The van der Waals surface area contributed by atoms with E-state index in [1.54, 1.807) is 6.07 Å². The minimum atomic E-state index is -0.128. The zero-order valence-corrected chi connectivity index (χ0v) is 16.4. The van der Waals surface area contributed by atoms with Crippen molar-refractivity contribution in [2.45, 2.75) is 67.2 Å². The smallest absolute Gasteiger partial charge is 0.123 e. The van der Waals surface area contributed by atoms with Crippen molar-refractivity contribution in [3.8, 4) is 5.75 Å². The van der Waals surface area contributed by atoms with Gasteiger partial charge in [0.25, 0.3) is 0 Å². The third kappa shape index (κ3) is 3.53. The molecule has 1 aliphatic carbocycles.